The van der Waals surface area contributed by atoms with Gasteiger partial charge in [0.05, 0.1) is 7.11 Å². The van der Waals surface area contributed by atoms with Gasteiger partial charge in [0.2, 0.25) is 5.89 Å². The maximum absolute atomic E-state index is 11.2. The van der Waals surface area contributed by atoms with Crippen molar-refractivity contribution in [3.8, 4) is 22.9 Å². The summed E-state index contributed by atoms with van der Waals surface area (Å²) in [6.45, 7) is 4.03. The number of hydrogen-bond donors (Lipinski definition) is 0. The van der Waals surface area contributed by atoms with Crippen LogP contribution in [0.1, 0.15) is 46.3 Å². The van der Waals surface area contributed by atoms with Gasteiger partial charge in [-0.2, -0.15) is 0 Å². The van der Waals surface area contributed by atoms with Crippen LogP contribution in [0.4, 0.5) is 0 Å². The van der Waals surface area contributed by atoms with Gasteiger partial charge in [0, 0.05) is 28.9 Å². The predicted molar refractivity (Wildman–Crippen MR) is 92.4 cm³/mol. The van der Waals surface area contributed by atoms with E-state index >= 15 is 0 Å². The monoisotopic (exact) mass is 337 g/mol. The fourth-order valence-electron chi connectivity index (χ4n) is 3.17. The van der Waals surface area contributed by atoms with Gasteiger partial charge in [-0.25, -0.2) is 0 Å². The molecule has 3 aromatic rings. The van der Waals surface area contributed by atoms with Crippen LogP contribution >= 0.6 is 0 Å². The van der Waals surface area contributed by atoms with Gasteiger partial charge in [-0.1, -0.05) is 5.10 Å². The van der Waals surface area contributed by atoms with Crippen molar-refractivity contribution in [3.05, 3.63) is 47.1 Å². The van der Waals surface area contributed by atoms with E-state index < -0.39 is 0 Å². The van der Waals surface area contributed by atoms with Gasteiger partial charge >= 0.3 is 6.01 Å². The first-order chi connectivity index (χ1) is 12.1. The maximum atomic E-state index is 11.2. The summed E-state index contributed by atoms with van der Waals surface area (Å²) in [6, 6.07) is 5.99. The minimum Gasteiger partial charge on any atom is -0.497 e. The molecular formula is C19H19N3O3. The zero-order chi connectivity index (χ0) is 17.6. The van der Waals surface area contributed by atoms with Gasteiger partial charge in [0.25, 0.3) is 0 Å². The van der Waals surface area contributed by atoms with Crippen molar-refractivity contribution in [2.45, 2.75) is 32.6 Å². The average molecular weight is 337 g/mol. The molecule has 0 atom stereocenters. The van der Waals surface area contributed by atoms with Gasteiger partial charge in [0.15, 0.2) is 0 Å². The van der Waals surface area contributed by atoms with Crippen LogP contribution in [-0.2, 0) is 0 Å². The first-order valence-corrected chi connectivity index (χ1v) is 8.27. The third-order valence-corrected chi connectivity index (χ3v) is 4.59. The second-order valence-corrected chi connectivity index (χ2v) is 6.45. The molecule has 1 saturated carbocycles. The average Bonchev–Trinajstić information content (AvgIpc) is 3.28. The summed E-state index contributed by atoms with van der Waals surface area (Å²) in [7, 11) is 1.59. The molecule has 4 rings (SSSR count). The van der Waals surface area contributed by atoms with Crippen molar-refractivity contribution in [1.82, 2.24) is 14.8 Å². The Balaban J connectivity index is 1.80. The smallest absolute Gasteiger partial charge is 0.326 e. The number of aldehydes is 1. The van der Waals surface area contributed by atoms with Gasteiger partial charge in [-0.15, -0.1) is 5.10 Å². The number of methoxy groups -OCH3 is 1. The van der Waals surface area contributed by atoms with E-state index in [1.165, 1.54) is 0 Å². The molecule has 1 aliphatic carbocycles. The molecule has 0 unspecified atom stereocenters. The van der Waals surface area contributed by atoms with Crippen LogP contribution in [0.25, 0.3) is 17.1 Å². The molecule has 6 nitrogen and oxygen atoms in total. The van der Waals surface area contributed by atoms with Gasteiger partial charge < -0.3 is 9.15 Å². The van der Waals surface area contributed by atoms with Gasteiger partial charge in [0.1, 0.15) is 12.0 Å². The number of carbonyl (C=O) groups excluding carboxylic acids is 1. The highest BCUT2D eigenvalue weighted by Crippen LogP contribution is 2.40. The van der Waals surface area contributed by atoms with Crippen molar-refractivity contribution >= 4 is 6.29 Å². The summed E-state index contributed by atoms with van der Waals surface area (Å²) in [5, 5.41) is 8.35. The summed E-state index contributed by atoms with van der Waals surface area (Å²) < 4.78 is 13.1. The molecule has 0 radical (unpaired) electrons. The molecule has 128 valence electrons. The number of benzene rings is 1. The Labute approximate surface area is 145 Å². The molecule has 1 aromatic carbocycles. The lowest BCUT2D eigenvalue weighted by Crippen LogP contribution is -1.96. The van der Waals surface area contributed by atoms with Crippen molar-refractivity contribution in [2.75, 3.05) is 7.11 Å². The van der Waals surface area contributed by atoms with Crippen LogP contribution in [0.3, 0.4) is 0 Å². The second-order valence-electron chi connectivity index (χ2n) is 6.45. The highest BCUT2D eigenvalue weighted by molar-refractivity contribution is 5.82. The minimum atomic E-state index is 0.422. The molecule has 0 N–H and O–H groups in total. The number of nitrogens with zero attached hydrogens (tertiary/aromatic N) is 3. The van der Waals surface area contributed by atoms with Gasteiger partial charge in [-0.3, -0.25) is 9.36 Å². The summed E-state index contributed by atoms with van der Waals surface area (Å²) in [5.74, 6) is 1.79. The Morgan fingerprint density at radius 3 is 2.72 bits per heavy atom. The number of aromatic nitrogens is 3. The zero-order valence-corrected chi connectivity index (χ0v) is 14.4. The van der Waals surface area contributed by atoms with E-state index in [1.54, 1.807) is 13.2 Å². The zero-order valence-electron chi connectivity index (χ0n) is 14.4. The molecule has 0 amide bonds. The third kappa shape index (κ3) is 2.73. The molecule has 0 aliphatic heterocycles. The minimum absolute atomic E-state index is 0.422. The molecule has 25 heavy (non-hydrogen) atoms. The fraction of sp³-hybridized carbons (Fsp3) is 0.316. The van der Waals surface area contributed by atoms with E-state index in [2.05, 4.69) is 10.2 Å². The highest BCUT2D eigenvalue weighted by atomic mass is 16.5. The lowest BCUT2D eigenvalue weighted by atomic mass is 10.0. The van der Waals surface area contributed by atoms with Crippen LogP contribution in [-0.4, -0.2) is 28.2 Å². The van der Waals surface area contributed by atoms with E-state index in [4.69, 9.17) is 9.15 Å². The summed E-state index contributed by atoms with van der Waals surface area (Å²) in [6.07, 6.45) is 5.05. The predicted octanol–water partition coefficient (Wildman–Crippen LogP) is 3.84. The number of rotatable bonds is 5. The molecular weight excluding hydrogens is 318 g/mol. The summed E-state index contributed by atoms with van der Waals surface area (Å²) >= 11 is 0. The highest BCUT2D eigenvalue weighted by Gasteiger charge is 2.30. The van der Waals surface area contributed by atoms with E-state index in [0.717, 1.165) is 41.5 Å². The van der Waals surface area contributed by atoms with Crippen molar-refractivity contribution < 1.29 is 13.9 Å². The Bertz CT molecular complexity index is 951. The molecule has 1 fully saturated rings. The van der Waals surface area contributed by atoms with Crippen LogP contribution in [0.15, 0.2) is 28.8 Å². The number of aryl methyl sites for hydroxylation is 1. The van der Waals surface area contributed by atoms with Crippen LogP contribution in [0.5, 0.6) is 5.75 Å². The Morgan fingerprint density at radius 2 is 2.04 bits per heavy atom. The topological polar surface area (TPSA) is 70.2 Å². The van der Waals surface area contributed by atoms with Crippen LogP contribution < -0.4 is 4.74 Å². The molecule has 2 aromatic heterocycles. The molecule has 6 heteroatoms. The Morgan fingerprint density at radius 1 is 1.24 bits per heavy atom. The quantitative estimate of drug-likeness (QED) is 0.662. The summed E-state index contributed by atoms with van der Waals surface area (Å²) in [4.78, 5) is 11.2. The number of carbonyl (C=O) groups is 1. The molecule has 0 bridgehead atoms. The Hall–Kier alpha value is -2.89. The van der Waals surface area contributed by atoms with E-state index in [-0.39, 0.29) is 0 Å². The summed E-state index contributed by atoms with van der Waals surface area (Å²) in [5.41, 5.74) is 4.59. The van der Waals surface area contributed by atoms with Crippen LogP contribution in [0, 0.1) is 13.8 Å². The molecule has 0 saturated heterocycles. The van der Waals surface area contributed by atoms with E-state index in [0.29, 0.717) is 29.1 Å². The molecule has 2 heterocycles. The van der Waals surface area contributed by atoms with Crippen LogP contribution in [0.2, 0.25) is 0 Å². The fourth-order valence-corrected chi connectivity index (χ4v) is 3.17. The lowest BCUT2D eigenvalue weighted by molar-refractivity contribution is 0.112. The standard InChI is InChI=1S/C19H19N3O3/c1-11-9-22(19-21-20-18(25-19)14-4-5-14)12(2)17(11)15-6-13(10-23)7-16(8-15)24-3/h6-10,14H,4-5H2,1-3H3. The van der Waals surface area contributed by atoms with Crippen molar-refractivity contribution in [2.24, 2.45) is 0 Å². The number of ether oxygens (including phenoxy) is 1. The van der Waals surface area contributed by atoms with Crippen molar-refractivity contribution in [1.29, 1.82) is 0 Å². The lowest BCUT2D eigenvalue weighted by Gasteiger charge is -2.08. The maximum Gasteiger partial charge on any atom is 0.326 e. The van der Waals surface area contributed by atoms with Crippen molar-refractivity contribution in [3.63, 3.8) is 0 Å². The normalized spacial score (nSPS) is 13.9. The van der Waals surface area contributed by atoms with E-state index in [9.17, 15) is 4.79 Å². The first kappa shape index (κ1) is 15.6. The third-order valence-electron chi connectivity index (χ3n) is 4.59. The number of hydrogen-bond acceptors (Lipinski definition) is 5. The SMILES string of the molecule is COc1cc(C=O)cc(-c2c(C)cn(-c3nnc(C4CC4)o3)c2C)c1. The first-order valence-electron chi connectivity index (χ1n) is 8.27. The van der Waals surface area contributed by atoms with Gasteiger partial charge in [-0.05, 0) is 56.0 Å². The molecule has 0 spiro atoms. The van der Waals surface area contributed by atoms with E-state index in [1.807, 2.05) is 36.7 Å². The Kier molecular flexibility index (Phi) is 3.67. The molecule has 1 aliphatic rings. The largest absolute Gasteiger partial charge is 0.497 e. The second kappa shape index (κ2) is 5.88.